The molecule has 2 heteroatoms. The summed E-state index contributed by atoms with van der Waals surface area (Å²) in [6, 6.07) is 4.52. The molecule has 0 aromatic carbocycles. The molecule has 1 aromatic rings. The number of aromatic nitrogens is 1. The molecule has 0 saturated carbocycles. The molecular weight excluding hydrogens is 196 g/mol. The van der Waals surface area contributed by atoms with Gasteiger partial charge < -0.3 is 5.32 Å². The zero-order valence-corrected chi connectivity index (χ0v) is 9.95. The van der Waals surface area contributed by atoms with E-state index in [1.807, 2.05) is 18.5 Å². The maximum atomic E-state index is 4.14. The number of hydrogen-bond donors (Lipinski definition) is 1. The lowest BCUT2D eigenvalue weighted by Gasteiger charge is -2.13. The van der Waals surface area contributed by atoms with Crippen LogP contribution in [0.1, 0.15) is 44.2 Å². The maximum absolute atomic E-state index is 4.14. The Kier molecular flexibility index (Phi) is 4.11. The Hall–Kier alpha value is -1.15. The van der Waals surface area contributed by atoms with Gasteiger partial charge in [0, 0.05) is 18.4 Å². The summed E-state index contributed by atoms with van der Waals surface area (Å²) in [4.78, 5) is 4.14. The summed E-state index contributed by atoms with van der Waals surface area (Å²) in [5.74, 6) is 0. The van der Waals surface area contributed by atoms with E-state index in [2.05, 4.69) is 29.4 Å². The fourth-order valence-electron chi connectivity index (χ4n) is 2.16. The van der Waals surface area contributed by atoms with Crippen molar-refractivity contribution < 1.29 is 0 Å². The summed E-state index contributed by atoms with van der Waals surface area (Å²) in [6.07, 6.45) is 11.3. The van der Waals surface area contributed by atoms with E-state index in [1.54, 1.807) is 5.57 Å². The Morgan fingerprint density at radius 1 is 1.50 bits per heavy atom. The third kappa shape index (κ3) is 3.17. The van der Waals surface area contributed by atoms with Gasteiger partial charge in [0.25, 0.3) is 0 Å². The molecular formula is C14H20N2. The second-order valence-electron chi connectivity index (χ2n) is 4.47. The van der Waals surface area contributed by atoms with Crippen molar-refractivity contribution in [3.63, 3.8) is 0 Å². The van der Waals surface area contributed by atoms with Gasteiger partial charge in [0.05, 0.1) is 0 Å². The number of allylic oxidation sites excluding steroid dienone is 1. The molecule has 0 radical (unpaired) electrons. The van der Waals surface area contributed by atoms with Gasteiger partial charge >= 0.3 is 0 Å². The predicted octanol–water partition coefficient (Wildman–Crippen LogP) is 3.23. The molecule has 1 atom stereocenters. The van der Waals surface area contributed by atoms with Gasteiger partial charge in [0.15, 0.2) is 0 Å². The molecule has 2 rings (SSSR count). The highest BCUT2D eigenvalue weighted by Crippen LogP contribution is 2.20. The van der Waals surface area contributed by atoms with Gasteiger partial charge in [-0.15, -0.1) is 0 Å². The van der Waals surface area contributed by atoms with E-state index in [-0.39, 0.29) is 0 Å². The minimum atomic E-state index is 0.399. The van der Waals surface area contributed by atoms with Crippen LogP contribution in [-0.4, -0.2) is 11.5 Å². The molecule has 0 spiro atoms. The van der Waals surface area contributed by atoms with Crippen molar-refractivity contribution in [1.82, 2.24) is 10.3 Å². The van der Waals surface area contributed by atoms with E-state index in [0.717, 1.165) is 6.54 Å². The fraction of sp³-hybridized carbons (Fsp3) is 0.500. The smallest absolute Gasteiger partial charge is 0.0315 e. The fourth-order valence-corrected chi connectivity index (χ4v) is 2.16. The van der Waals surface area contributed by atoms with Crippen LogP contribution in [0, 0.1) is 0 Å². The Labute approximate surface area is 97.8 Å². The highest BCUT2D eigenvalue weighted by atomic mass is 14.9. The van der Waals surface area contributed by atoms with E-state index in [9.17, 15) is 0 Å². The normalized spacial score (nSPS) is 17.2. The number of rotatable bonds is 5. The average molecular weight is 216 g/mol. The third-order valence-electron chi connectivity index (χ3n) is 3.22. The van der Waals surface area contributed by atoms with Gasteiger partial charge in [-0.05, 0) is 50.8 Å². The summed E-state index contributed by atoms with van der Waals surface area (Å²) in [7, 11) is 0. The monoisotopic (exact) mass is 216 g/mol. The predicted molar refractivity (Wildman–Crippen MR) is 67.2 cm³/mol. The Morgan fingerprint density at radius 2 is 2.44 bits per heavy atom. The van der Waals surface area contributed by atoms with Crippen LogP contribution in [0.15, 0.2) is 36.2 Å². The molecule has 0 saturated heterocycles. The van der Waals surface area contributed by atoms with E-state index in [0.29, 0.717) is 6.04 Å². The van der Waals surface area contributed by atoms with Gasteiger partial charge in [-0.2, -0.15) is 0 Å². The molecule has 2 nitrogen and oxygen atoms in total. The van der Waals surface area contributed by atoms with Crippen molar-refractivity contribution in [2.45, 2.75) is 38.6 Å². The van der Waals surface area contributed by atoms with Gasteiger partial charge in [-0.25, -0.2) is 0 Å². The Balaban J connectivity index is 1.73. The second kappa shape index (κ2) is 5.80. The molecule has 16 heavy (non-hydrogen) atoms. The Morgan fingerprint density at radius 3 is 3.12 bits per heavy atom. The van der Waals surface area contributed by atoms with Crippen LogP contribution in [0.25, 0.3) is 0 Å². The van der Waals surface area contributed by atoms with Crippen LogP contribution in [0.4, 0.5) is 0 Å². The molecule has 0 bridgehead atoms. The first-order valence-electron chi connectivity index (χ1n) is 6.17. The molecule has 1 aliphatic rings. The first kappa shape index (κ1) is 11.3. The molecule has 1 aromatic heterocycles. The van der Waals surface area contributed by atoms with Crippen molar-refractivity contribution in [3.05, 3.63) is 41.7 Å². The van der Waals surface area contributed by atoms with Crippen LogP contribution >= 0.6 is 0 Å². The van der Waals surface area contributed by atoms with Crippen molar-refractivity contribution in [2.75, 3.05) is 6.54 Å². The lowest BCUT2D eigenvalue weighted by Crippen LogP contribution is -2.20. The first-order valence-corrected chi connectivity index (χ1v) is 6.17. The average Bonchev–Trinajstić information content (AvgIpc) is 2.83. The van der Waals surface area contributed by atoms with Gasteiger partial charge in [0.2, 0.25) is 0 Å². The molecule has 1 N–H and O–H groups in total. The van der Waals surface area contributed by atoms with E-state index in [1.165, 1.54) is 31.2 Å². The lowest BCUT2D eigenvalue weighted by molar-refractivity contribution is 0.571. The van der Waals surface area contributed by atoms with Crippen LogP contribution in [0.2, 0.25) is 0 Å². The SMILES string of the molecule is CC(NCCC1=CCCC1)c1cccnc1. The summed E-state index contributed by atoms with van der Waals surface area (Å²) in [6.45, 7) is 3.27. The van der Waals surface area contributed by atoms with Crippen LogP contribution in [0.3, 0.4) is 0 Å². The largest absolute Gasteiger partial charge is 0.310 e. The molecule has 1 heterocycles. The molecule has 1 unspecified atom stereocenters. The highest BCUT2D eigenvalue weighted by Gasteiger charge is 2.06. The maximum Gasteiger partial charge on any atom is 0.0315 e. The zero-order valence-electron chi connectivity index (χ0n) is 9.95. The number of pyridine rings is 1. The van der Waals surface area contributed by atoms with Crippen molar-refractivity contribution in [2.24, 2.45) is 0 Å². The standard InChI is InChI=1S/C14H20N2/c1-12(14-7-4-9-15-11-14)16-10-8-13-5-2-3-6-13/h4-5,7,9,11-12,16H,2-3,6,8,10H2,1H3. The summed E-state index contributed by atoms with van der Waals surface area (Å²) < 4.78 is 0. The summed E-state index contributed by atoms with van der Waals surface area (Å²) in [5, 5.41) is 3.54. The molecule has 1 aliphatic carbocycles. The minimum Gasteiger partial charge on any atom is -0.310 e. The molecule has 0 fully saturated rings. The van der Waals surface area contributed by atoms with Crippen molar-refractivity contribution >= 4 is 0 Å². The van der Waals surface area contributed by atoms with Gasteiger partial charge in [0.1, 0.15) is 0 Å². The van der Waals surface area contributed by atoms with E-state index < -0.39 is 0 Å². The molecule has 86 valence electrons. The highest BCUT2D eigenvalue weighted by molar-refractivity contribution is 5.13. The molecule has 0 aliphatic heterocycles. The van der Waals surface area contributed by atoms with Gasteiger partial charge in [-0.1, -0.05) is 17.7 Å². The topological polar surface area (TPSA) is 24.9 Å². The minimum absolute atomic E-state index is 0.399. The number of nitrogens with one attached hydrogen (secondary N) is 1. The zero-order chi connectivity index (χ0) is 11.2. The van der Waals surface area contributed by atoms with E-state index >= 15 is 0 Å². The molecule has 0 amide bonds. The van der Waals surface area contributed by atoms with Crippen LogP contribution in [0.5, 0.6) is 0 Å². The Bertz CT molecular complexity index is 343. The quantitative estimate of drug-likeness (QED) is 0.764. The number of nitrogens with zero attached hydrogens (tertiary/aromatic N) is 1. The van der Waals surface area contributed by atoms with Crippen molar-refractivity contribution in [1.29, 1.82) is 0 Å². The van der Waals surface area contributed by atoms with Crippen molar-refractivity contribution in [3.8, 4) is 0 Å². The third-order valence-corrected chi connectivity index (χ3v) is 3.22. The summed E-state index contributed by atoms with van der Waals surface area (Å²) >= 11 is 0. The number of hydrogen-bond acceptors (Lipinski definition) is 2. The van der Waals surface area contributed by atoms with Crippen LogP contribution < -0.4 is 5.32 Å². The lowest BCUT2D eigenvalue weighted by atomic mass is 10.1. The first-order chi connectivity index (χ1) is 7.86. The van der Waals surface area contributed by atoms with E-state index in [4.69, 9.17) is 0 Å². The van der Waals surface area contributed by atoms with Crippen LogP contribution in [-0.2, 0) is 0 Å². The van der Waals surface area contributed by atoms with Gasteiger partial charge in [-0.3, -0.25) is 4.98 Å². The second-order valence-corrected chi connectivity index (χ2v) is 4.47. The summed E-state index contributed by atoms with van der Waals surface area (Å²) in [5.41, 5.74) is 2.90.